The average Bonchev–Trinajstić information content (AvgIpc) is 2.77. The molecule has 2 aromatic rings. The number of hydrogen-bond donors (Lipinski definition) is 2. The second kappa shape index (κ2) is 4.25. The highest BCUT2D eigenvalue weighted by molar-refractivity contribution is 5.85. The minimum Gasteiger partial charge on any atom is -0.477 e. The van der Waals surface area contributed by atoms with Crippen molar-refractivity contribution >= 4 is 5.97 Å². The Morgan fingerprint density at radius 2 is 2.29 bits per heavy atom. The zero-order valence-electron chi connectivity index (χ0n) is 9.17. The van der Waals surface area contributed by atoms with E-state index in [0.717, 1.165) is 12.1 Å². The van der Waals surface area contributed by atoms with Gasteiger partial charge in [-0.25, -0.2) is 9.78 Å². The van der Waals surface area contributed by atoms with E-state index in [1.165, 1.54) is 18.5 Å². The molecule has 0 spiro atoms. The first-order valence-electron chi connectivity index (χ1n) is 5.11. The van der Waals surface area contributed by atoms with Gasteiger partial charge in [0.15, 0.2) is 0 Å². The van der Waals surface area contributed by atoms with Gasteiger partial charge in [0.2, 0.25) is 0 Å². The number of carbonyl (C=O) groups is 1. The number of pyridine rings is 1. The Hall–Kier alpha value is -2.37. The van der Waals surface area contributed by atoms with Crippen LogP contribution in [0.5, 0.6) is 0 Å². The van der Waals surface area contributed by atoms with Gasteiger partial charge in [-0.15, -0.1) is 0 Å². The van der Waals surface area contributed by atoms with Gasteiger partial charge in [0, 0.05) is 6.20 Å². The van der Waals surface area contributed by atoms with E-state index >= 15 is 0 Å². The summed E-state index contributed by atoms with van der Waals surface area (Å²) in [6.45, 7) is 1.96. The number of aryl methyl sites for hydroxylation is 1. The molecule has 0 radical (unpaired) electrons. The molecule has 0 saturated carbocycles. The molecule has 0 saturated heterocycles. The largest absolute Gasteiger partial charge is 0.477 e. The molecule has 0 bridgehead atoms. The number of H-pyrrole nitrogens is 1. The van der Waals surface area contributed by atoms with Crippen molar-refractivity contribution in [2.45, 2.75) is 13.3 Å². The van der Waals surface area contributed by atoms with E-state index in [0.29, 0.717) is 5.69 Å². The number of aromatic carboxylic acids is 1. The first-order chi connectivity index (χ1) is 8.11. The quantitative estimate of drug-likeness (QED) is 0.821. The standard InChI is InChI=1S/C11H11N3O3/c1-2-7-5-14(6-12-7)9-4-3-8(11(16)17)13-10(9)15/h3-6H,2H2,1H3,(H,13,15)(H,16,17). The maximum atomic E-state index is 11.7. The van der Waals surface area contributed by atoms with Crippen molar-refractivity contribution in [2.75, 3.05) is 0 Å². The molecule has 0 aliphatic carbocycles. The Bertz CT molecular complexity index is 612. The Morgan fingerprint density at radius 3 is 2.82 bits per heavy atom. The Morgan fingerprint density at radius 1 is 1.53 bits per heavy atom. The monoisotopic (exact) mass is 233 g/mol. The third kappa shape index (κ3) is 2.10. The minimum absolute atomic E-state index is 0.130. The van der Waals surface area contributed by atoms with Crippen molar-refractivity contribution in [2.24, 2.45) is 0 Å². The summed E-state index contributed by atoms with van der Waals surface area (Å²) in [5.41, 5.74) is 0.633. The lowest BCUT2D eigenvalue weighted by molar-refractivity contribution is 0.0690. The number of nitrogens with one attached hydrogen (secondary N) is 1. The summed E-state index contributed by atoms with van der Waals surface area (Å²) in [7, 11) is 0. The van der Waals surface area contributed by atoms with Crippen LogP contribution < -0.4 is 5.56 Å². The van der Waals surface area contributed by atoms with E-state index in [9.17, 15) is 9.59 Å². The minimum atomic E-state index is -1.16. The summed E-state index contributed by atoms with van der Waals surface area (Å²) >= 11 is 0. The Kier molecular flexibility index (Phi) is 2.78. The van der Waals surface area contributed by atoms with Crippen LogP contribution in [-0.4, -0.2) is 25.6 Å². The maximum Gasteiger partial charge on any atom is 0.352 e. The molecule has 0 aliphatic heterocycles. The van der Waals surface area contributed by atoms with Crippen molar-refractivity contribution in [1.82, 2.24) is 14.5 Å². The summed E-state index contributed by atoms with van der Waals surface area (Å²) in [6, 6.07) is 2.81. The molecule has 0 aromatic carbocycles. The fourth-order valence-corrected chi connectivity index (χ4v) is 1.47. The van der Waals surface area contributed by atoms with Crippen molar-refractivity contribution in [3.63, 3.8) is 0 Å². The van der Waals surface area contributed by atoms with Crippen LogP contribution in [0.1, 0.15) is 23.1 Å². The number of imidazole rings is 1. The molecule has 0 amide bonds. The number of carboxylic acids is 1. The van der Waals surface area contributed by atoms with Gasteiger partial charge in [0.05, 0.1) is 12.0 Å². The van der Waals surface area contributed by atoms with Crippen LogP contribution >= 0.6 is 0 Å². The molecular weight excluding hydrogens is 222 g/mol. The highest BCUT2D eigenvalue weighted by Gasteiger charge is 2.08. The molecule has 6 heteroatoms. The summed E-state index contributed by atoms with van der Waals surface area (Å²) in [4.78, 5) is 28.7. The van der Waals surface area contributed by atoms with Crippen molar-refractivity contribution in [3.05, 3.63) is 46.4 Å². The van der Waals surface area contributed by atoms with Crippen LogP contribution in [0.2, 0.25) is 0 Å². The van der Waals surface area contributed by atoms with Crippen molar-refractivity contribution < 1.29 is 9.90 Å². The van der Waals surface area contributed by atoms with Gasteiger partial charge < -0.3 is 14.7 Å². The first kappa shape index (κ1) is 11.1. The predicted octanol–water partition coefficient (Wildman–Crippen LogP) is 0.821. The van der Waals surface area contributed by atoms with E-state index in [4.69, 9.17) is 5.11 Å². The van der Waals surface area contributed by atoms with Crippen LogP contribution in [0.4, 0.5) is 0 Å². The van der Waals surface area contributed by atoms with Crippen LogP contribution in [0.3, 0.4) is 0 Å². The summed E-state index contributed by atoms with van der Waals surface area (Å²) < 4.78 is 1.57. The van der Waals surface area contributed by atoms with Gasteiger partial charge in [-0.1, -0.05) is 6.92 Å². The van der Waals surface area contributed by atoms with E-state index in [2.05, 4.69) is 9.97 Å². The van der Waals surface area contributed by atoms with Gasteiger partial charge in [-0.2, -0.15) is 0 Å². The van der Waals surface area contributed by atoms with E-state index < -0.39 is 11.5 Å². The highest BCUT2D eigenvalue weighted by atomic mass is 16.4. The van der Waals surface area contributed by atoms with Gasteiger partial charge in [0.25, 0.3) is 5.56 Å². The van der Waals surface area contributed by atoms with Crippen LogP contribution in [-0.2, 0) is 6.42 Å². The van der Waals surface area contributed by atoms with Crippen LogP contribution in [0, 0.1) is 0 Å². The third-order valence-electron chi connectivity index (χ3n) is 2.40. The third-order valence-corrected chi connectivity index (χ3v) is 2.40. The van der Waals surface area contributed by atoms with Crippen LogP contribution in [0.25, 0.3) is 5.69 Å². The Labute approximate surface area is 96.6 Å². The predicted molar refractivity (Wildman–Crippen MR) is 60.5 cm³/mol. The van der Waals surface area contributed by atoms with E-state index in [1.54, 1.807) is 10.8 Å². The molecule has 17 heavy (non-hydrogen) atoms. The first-order valence-corrected chi connectivity index (χ1v) is 5.11. The molecule has 2 rings (SSSR count). The lowest BCUT2D eigenvalue weighted by atomic mass is 10.3. The fraction of sp³-hybridized carbons (Fsp3) is 0.182. The summed E-state index contributed by atoms with van der Waals surface area (Å²) in [6.07, 6.45) is 4.05. The number of aromatic nitrogens is 3. The smallest absolute Gasteiger partial charge is 0.352 e. The number of nitrogens with zero attached hydrogens (tertiary/aromatic N) is 2. The molecule has 2 heterocycles. The average molecular weight is 233 g/mol. The SMILES string of the molecule is CCc1cn(-c2ccc(C(=O)O)[nH]c2=O)cn1. The maximum absolute atomic E-state index is 11.7. The zero-order valence-corrected chi connectivity index (χ0v) is 9.17. The molecule has 0 fully saturated rings. The van der Waals surface area contributed by atoms with Crippen molar-refractivity contribution in [3.8, 4) is 5.69 Å². The number of carboxylic acid groups (broad SMARTS) is 1. The normalized spacial score (nSPS) is 10.4. The molecule has 0 atom stereocenters. The number of rotatable bonds is 3. The van der Waals surface area contributed by atoms with Gasteiger partial charge in [-0.05, 0) is 18.6 Å². The molecule has 0 aliphatic rings. The number of aromatic amines is 1. The van der Waals surface area contributed by atoms with E-state index in [1.807, 2.05) is 6.92 Å². The van der Waals surface area contributed by atoms with Crippen molar-refractivity contribution in [1.29, 1.82) is 0 Å². The second-order valence-electron chi connectivity index (χ2n) is 3.52. The zero-order chi connectivity index (χ0) is 12.4. The summed E-state index contributed by atoms with van der Waals surface area (Å²) in [5, 5.41) is 8.72. The molecule has 2 N–H and O–H groups in total. The fourth-order valence-electron chi connectivity index (χ4n) is 1.47. The molecule has 0 unspecified atom stereocenters. The molecule has 2 aromatic heterocycles. The van der Waals surface area contributed by atoms with Gasteiger partial charge in [0.1, 0.15) is 11.4 Å². The lowest BCUT2D eigenvalue weighted by Gasteiger charge is -2.01. The summed E-state index contributed by atoms with van der Waals surface area (Å²) in [5.74, 6) is -1.16. The Balaban J connectivity index is 2.46. The van der Waals surface area contributed by atoms with E-state index in [-0.39, 0.29) is 5.69 Å². The molecule has 6 nitrogen and oxygen atoms in total. The second-order valence-corrected chi connectivity index (χ2v) is 3.52. The topological polar surface area (TPSA) is 88.0 Å². The molecule has 88 valence electrons. The van der Waals surface area contributed by atoms with Crippen LogP contribution in [0.15, 0.2) is 29.5 Å². The molecular formula is C11H11N3O3. The number of hydrogen-bond acceptors (Lipinski definition) is 3. The van der Waals surface area contributed by atoms with Gasteiger partial charge >= 0.3 is 5.97 Å². The lowest BCUT2D eigenvalue weighted by Crippen LogP contribution is -2.17. The van der Waals surface area contributed by atoms with Gasteiger partial charge in [-0.3, -0.25) is 4.79 Å². The highest BCUT2D eigenvalue weighted by Crippen LogP contribution is 2.04.